The molecule has 0 atom stereocenters. The van der Waals surface area contributed by atoms with Crippen LogP contribution < -0.4 is 5.56 Å². The molecular weight excluding hydrogens is 304 g/mol. The van der Waals surface area contributed by atoms with Gasteiger partial charge in [0.25, 0.3) is 5.56 Å². The Hall–Kier alpha value is -1.95. The number of aromatic amines is 1. The zero-order valence-corrected chi connectivity index (χ0v) is 14.0. The highest BCUT2D eigenvalue weighted by atomic mass is 16.5. The molecule has 0 saturated carbocycles. The lowest BCUT2D eigenvalue weighted by Crippen LogP contribution is -2.38. The molecule has 1 N–H and O–H groups in total. The van der Waals surface area contributed by atoms with E-state index in [1.165, 1.54) is 5.57 Å². The van der Waals surface area contributed by atoms with Crippen LogP contribution >= 0.6 is 0 Å². The SMILES string of the molecule is O=c1[nH]c(C2=NCCCC2)nc2c1CN(CC1=COCCC1)CC2. The first-order valence-corrected chi connectivity index (χ1v) is 8.97. The van der Waals surface area contributed by atoms with Crippen LogP contribution in [0, 0.1) is 0 Å². The van der Waals surface area contributed by atoms with Crippen molar-refractivity contribution >= 4 is 5.71 Å². The zero-order chi connectivity index (χ0) is 16.4. The molecule has 3 aliphatic rings. The molecule has 6 nitrogen and oxygen atoms in total. The van der Waals surface area contributed by atoms with Crippen LogP contribution in [0.3, 0.4) is 0 Å². The highest BCUT2D eigenvalue weighted by molar-refractivity contribution is 5.97. The Bertz CT molecular complexity index is 735. The average molecular weight is 328 g/mol. The molecule has 0 fully saturated rings. The molecular formula is C18H24N4O2. The van der Waals surface area contributed by atoms with Crippen molar-refractivity contribution in [3.8, 4) is 0 Å². The van der Waals surface area contributed by atoms with E-state index in [2.05, 4.69) is 14.9 Å². The van der Waals surface area contributed by atoms with E-state index in [0.29, 0.717) is 12.4 Å². The van der Waals surface area contributed by atoms with E-state index in [1.54, 1.807) is 0 Å². The normalized spacial score (nSPS) is 21.5. The second-order valence-electron chi connectivity index (χ2n) is 6.84. The molecule has 0 amide bonds. The fourth-order valence-corrected chi connectivity index (χ4v) is 3.66. The molecule has 0 aromatic carbocycles. The summed E-state index contributed by atoms with van der Waals surface area (Å²) in [6.07, 6.45) is 8.08. The van der Waals surface area contributed by atoms with Crippen molar-refractivity contribution in [2.75, 3.05) is 26.2 Å². The Morgan fingerprint density at radius 1 is 1.21 bits per heavy atom. The molecule has 3 aliphatic heterocycles. The first-order valence-electron chi connectivity index (χ1n) is 8.97. The maximum absolute atomic E-state index is 12.5. The molecule has 0 saturated heterocycles. The lowest BCUT2D eigenvalue weighted by molar-refractivity contribution is 0.208. The van der Waals surface area contributed by atoms with E-state index in [0.717, 1.165) is 81.7 Å². The van der Waals surface area contributed by atoms with E-state index >= 15 is 0 Å². The number of aliphatic imine (C=N–C) groups is 1. The molecule has 4 rings (SSSR count). The first kappa shape index (κ1) is 15.6. The van der Waals surface area contributed by atoms with Crippen molar-refractivity contribution in [1.82, 2.24) is 14.9 Å². The van der Waals surface area contributed by atoms with Crippen LogP contribution in [-0.4, -0.2) is 46.8 Å². The van der Waals surface area contributed by atoms with E-state index in [1.807, 2.05) is 6.26 Å². The Morgan fingerprint density at radius 2 is 2.17 bits per heavy atom. The van der Waals surface area contributed by atoms with Crippen LogP contribution in [0.15, 0.2) is 21.6 Å². The van der Waals surface area contributed by atoms with Gasteiger partial charge in [0, 0.05) is 32.6 Å². The van der Waals surface area contributed by atoms with E-state index in [-0.39, 0.29) is 5.56 Å². The van der Waals surface area contributed by atoms with Gasteiger partial charge in [-0.2, -0.15) is 0 Å². The Labute approximate surface area is 141 Å². The summed E-state index contributed by atoms with van der Waals surface area (Å²) in [6.45, 7) is 4.16. The number of rotatable bonds is 3. The molecule has 0 aliphatic carbocycles. The smallest absolute Gasteiger partial charge is 0.255 e. The second-order valence-corrected chi connectivity index (χ2v) is 6.84. The summed E-state index contributed by atoms with van der Waals surface area (Å²) in [5.41, 5.74) is 4.06. The monoisotopic (exact) mass is 328 g/mol. The third-order valence-electron chi connectivity index (χ3n) is 4.98. The maximum Gasteiger partial charge on any atom is 0.255 e. The standard InChI is InChI=1S/C18H24N4O2/c23-18-14-11-22(10-13-4-3-9-24-12-13)8-6-15(14)20-17(21-18)16-5-1-2-7-19-16/h12H,1-11H2,(H,20,21,23). The second kappa shape index (κ2) is 6.89. The van der Waals surface area contributed by atoms with Gasteiger partial charge in [0.15, 0.2) is 5.82 Å². The molecule has 128 valence electrons. The summed E-state index contributed by atoms with van der Waals surface area (Å²) >= 11 is 0. The lowest BCUT2D eigenvalue weighted by Gasteiger charge is -2.29. The van der Waals surface area contributed by atoms with Gasteiger partial charge in [0.1, 0.15) is 0 Å². The van der Waals surface area contributed by atoms with Crippen LogP contribution in [-0.2, 0) is 17.7 Å². The highest BCUT2D eigenvalue weighted by Gasteiger charge is 2.23. The Balaban J connectivity index is 1.52. The largest absolute Gasteiger partial charge is 0.501 e. The van der Waals surface area contributed by atoms with Gasteiger partial charge >= 0.3 is 0 Å². The van der Waals surface area contributed by atoms with Crippen LogP contribution in [0.25, 0.3) is 0 Å². The number of nitrogens with zero attached hydrogens (tertiary/aromatic N) is 3. The number of aromatic nitrogens is 2. The highest BCUT2D eigenvalue weighted by Crippen LogP contribution is 2.19. The fraction of sp³-hybridized carbons (Fsp3) is 0.611. The summed E-state index contributed by atoms with van der Waals surface area (Å²) < 4.78 is 5.42. The quantitative estimate of drug-likeness (QED) is 0.918. The molecule has 1 aromatic heterocycles. The molecule has 24 heavy (non-hydrogen) atoms. The van der Waals surface area contributed by atoms with E-state index < -0.39 is 0 Å². The minimum Gasteiger partial charge on any atom is -0.501 e. The van der Waals surface area contributed by atoms with Gasteiger partial charge in [-0.25, -0.2) is 4.98 Å². The summed E-state index contributed by atoms with van der Waals surface area (Å²) in [4.78, 5) is 27.1. The van der Waals surface area contributed by atoms with E-state index in [4.69, 9.17) is 9.72 Å². The van der Waals surface area contributed by atoms with Crippen molar-refractivity contribution < 1.29 is 4.74 Å². The summed E-state index contributed by atoms with van der Waals surface area (Å²) in [5, 5.41) is 0. The minimum absolute atomic E-state index is 0.00171. The van der Waals surface area contributed by atoms with Crippen molar-refractivity contribution in [2.45, 2.75) is 45.1 Å². The predicted octanol–water partition coefficient (Wildman–Crippen LogP) is 1.80. The predicted molar refractivity (Wildman–Crippen MR) is 92.4 cm³/mol. The molecule has 0 unspecified atom stereocenters. The van der Waals surface area contributed by atoms with Crippen molar-refractivity contribution in [3.63, 3.8) is 0 Å². The third kappa shape index (κ3) is 3.29. The molecule has 4 heterocycles. The molecule has 0 bridgehead atoms. The minimum atomic E-state index is 0.00171. The molecule has 1 aromatic rings. The summed E-state index contributed by atoms with van der Waals surface area (Å²) in [6, 6.07) is 0. The van der Waals surface area contributed by atoms with Crippen LogP contribution in [0.2, 0.25) is 0 Å². The van der Waals surface area contributed by atoms with E-state index in [9.17, 15) is 4.79 Å². The third-order valence-corrected chi connectivity index (χ3v) is 4.98. The fourth-order valence-electron chi connectivity index (χ4n) is 3.66. The summed E-state index contributed by atoms with van der Waals surface area (Å²) in [5.74, 6) is 0.690. The average Bonchev–Trinajstić information content (AvgIpc) is 2.64. The van der Waals surface area contributed by atoms with Gasteiger partial charge in [0.05, 0.1) is 29.8 Å². The van der Waals surface area contributed by atoms with Gasteiger partial charge in [-0.3, -0.25) is 14.7 Å². The van der Waals surface area contributed by atoms with Crippen molar-refractivity contribution in [3.05, 3.63) is 39.3 Å². The molecule has 0 radical (unpaired) electrons. The first-order chi connectivity index (χ1) is 11.8. The Kier molecular flexibility index (Phi) is 4.47. The van der Waals surface area contributed by atoms with Gasteiger partial charge in [-0.15, -0.1) is 0 Å². The van der Waals surface area contributed by atoms with Crippen LogP contribution in [0.1, 0.15) is 49.2 Å². The maximum atomic E-state index is 12.5. The number of ether oxygens (including phenoxy) is 1. The number of nitrogens with one attached hydrogen (secondary N) is 1. The van der Waals surface area contributed by atoms with Crippen molar-refractivity contribution in [1.29, 1.82) is 0 Å². The summed E-state index contributed by atoms with van der Waals surface area (Å²) in [7, 11) is 0. The molecule has 0 spiro atoms. The van der Waals surface area contributed by atoms with Gasteiger partial charge in [-0.1, -0.05) is 0 Å². The lowest BCUT2D eigenvalue weighted by atomic mass is 10.0. The zero-order valence-electron chi connectivity index (χ0n) is 14.0. The van der Waals surface area contributed by atoms with Crippen LogP contribution in [0.5, 0.6) is 0 Å². The number of H-pyrrole nitrogens is 1. The number of hydrogen-bond donors (Lipinski definition) is 1. The number of hydrogen-bond acceptors (Lipinski definition) is 5. The van der Waals surface area contributed by atoms with Gasteiger partial charge in [0.2, 0.25) is 0 Å². The van der Waals surface area contributed by atoms with Gasteiger partial charge < -0.3 is 9.72 Å². The van der Waals surface area contributed by atoms with Gasteiger partial charge in [-0.05, 0) is 37.7 Å². The topological polar surface area (TPSA) is 70.6 Å². The number of fused-ring (bicyclic) bond motifs is 1. The molecule has 6 heteroatoms. The van der Waals surface area contributed by atoms with Crippen LogP contribution in [0.4, 0.5) is 0 Å². The van der Waals surface area contributed by atoms with Crippen molar-refractivity contribution in [2.24, 2.45) is 4.99 Å². The Morgan fingerprint density at radius 3 is 2.96 bits per heavy atom.